The van der Waals surface area contributed by atoms with Crippen LogP contribution in [-0.2, 0) is 4.79 Å². The highest BCUT2D eigenvalue weighted by molar-refractivity contribution is 5.85. The maximum atomic E-state index is 11.8. The first kappa shape index (κ1) is 15.6. The van der Waals surface area contributed by atoms with Gasteiger partial charge in [-0.2, -0.15) is 8.78 Å². The number of aliphatic carboxylic acids is 1. The van der Waals surface area contributed by atoms with E-state index in [9.17, 15) is 13.6 Å². The molecule has 0 spiro atoms. The Bertz CT molecular complexity index is 359. The Morgan fingerprint density at radius 1 is 1.35 bits per heavy atom. The second-order valence-electron chi connectivity index (χ2n) is 3.15. The van der Waals surface area contributed by atoms with Crippen LogP contribution < -0.4 is 10.5 Å². The molecule has 1 aromatic carbocycles. The summed E-state index contributed by atoms with van der Waals surface area (Å²) in [5.41, 5.74) is 6.14. The predicted molar refractivity (Wildman–Crippen MR) is 59.5 cm³/mol. The lowest BCUT2D eigenvalue weighted by Gasteiger charge is -2.10. The Hall–Kier alpha value is -1.40. The number of alkyl halides is 2. The van der Waals surface area contributed by atoms with Gasteiger partial charge in [-0.15, -0.1) is 12.4 Å². The normalized spacial score (nSPS) is 11.8. The number of carboxylic acid groups (broad SMARTS) is 1. The van der Waals surface area contributed by atoms with Crippen LogP contribution in [0.15, 0.2) is 24.3 Å². The first-order chi connectivity index (χ1) is 7.49. The van der Waals surface area contributed by atoms with E-state index in [-0.39, 0.29) is 24.6 Å². The van der Waals surface area contributed by atoms with Gasteiger partial charge in [-0.3, -0.25) is 4.79 Å². The molecule has 0 aliphatic heterocycles. The van der Waals surface area contributed by atoms with E-state index in [1.807, 2.05) is 0 Å². The van der Waals surface area contributed by atoms with Gasteiger partial charge in [0.15, 0.2) is 0 Å². The Balaban J connectivity index is 0.00000256. The molecule has 0 saturated heterocycles. The molecule has 0 fully saturated rings. The van der Waals surface area contributed by atoms with Gasteiger partial charge in [0.25, 0.3) is 0 Å². The van der Waals surface area contributed by atoms with Crippen LogP contribution in [0.3, 0.4) is 0 Å². The third-order valence-corrected chi connectivity index (χ3v) is 1.93. The first-order valence-corrected chi connectivity index (χ1v) is 4.51. The van der Waals surface area contributed by atoms with Gasteiger partial charge >= 0.3 is 12.6 Å². The maximum Gasteiger partial charge on any atom is 0.387 e. The van der Waals surface area contributed by atoms with Crippen molar-refractivity contribution in [1.82, 2.24) is 0 Å². The van der Waals surface area contributed by atoms with E-state index in [1.165, 1.54) is 24.3 Å². The van der Waals surface area contributed by atoms with Gasteiger partial charge in [0.2, 0.25) is 0 Å². The molecule has 3 N–H and O–H groups in total. The Morgan fingerprint density at radius 2 is 1.88 bits per heavy atom. The summed E-state index contributed by atoms with van der Waals surface area (Å²) in [5, 5.41) is 8.51. The maximum absolute atomic E-state index is 11.8. The second kappa shape index (κ2) is 7.03. The van der Waals surface area contributed by atoms with Crippen LogP contribution in [0.2, 0.25) is 0 Å². The fourth-order valence-corrected chi connectivity index (χ4v) is 1.20. The smallest absolute Gasteiger partial charge is 0.387 e. The largest absolute Gasteiger partial charge is 0.481 e. The lowest BCUT2D eigenvalue weighted by Crippen LogP contribution is -2.14. The molecular formula is C10H12ClF2NO3. The van der Waals surface area contributed by atoms with E-state index >= 15 is 0 Å². The Morgan fingerprint density at radius 3 is 2.29 bits per heavy atom. The molecule has 1 aromatic rings. The van der Waals surface area contributed by atoms with Crippen molar-refractivity contribution < 1.29 is 23.4 Å². The molecule has 1 rings (SSSR count). The molecule has 0 aromatic heterocycles. The summed E-state index contributed by atoms with van der Waals surface area (Å²) in [6.07, 6.45) is -0.213. The molecule has 96 valence electrons. The summed E-state index contributed by atoms with van der Waals surface area (Å²) >= 11 is 0. The molecule has 0 saturated carbocycles. The zero-order valence-corrected chi connectivity index (χ0v) is 9.49. The third kappa shape index (κ3) is 5.46. The molecular weight excluding hydrogens is 256 g/mol. The van der Waals surface area contributed by atoms with Gasteiger partial charge in [-0.1, -0.05) is 12.1 Å². The molecule has 1 atom stereocenters. The SMILES string of the molecule is Cl.NC(CC(=O)O)c1ccc(OC(F)F)cc1. The molecule has 0 heterocycles. The zero-order chi connectivity index (χ0) is 12.1. The Labute approximate surface area is 103 Å². The molecule has 0 bridgehead atoms. The van der Waals surface area contributed by atoms with Crippen molar-refractivity contribution in [2.75, 3.05) is 0 Å². The summed E-state index contributed by atoms with van der Waals surface area (Å²) in [4.78, 5) is 10.4. The van der Waals surface area contributed by atoms with Gasteiger partial charge in [-0.25, -0.2) is 0 Å². The van der Waals surface area contributed by atoms with Crippen molar-refractivity contribution in [1.29, 1.82) is 0 Å². The number of halogens is 3. The molecule has 0 aliphatic rings. The monoisotopic (exact) mass is 267 g/mol. The molecule has 0 aliphatic carbocycles. The van der Waals surface area contributed by atoms with Crippen molar-refractivity contribution in [3.63, 3.8) is 0 Å². The highest BCUT2D eigenvalue weighted by Crippen LogP contribution is 2.19. The van der Waals surface area contributed by atoms with Crippen LogP contribution >= 0.6 is 12.4 Å². The van der Waals surface area contributed by atoms with E-state index in [4.69, 9.17) is 10.8 Å². The highest BCUT2D eigenvalue weighted by atomic mass is 35.5. The lowest BCUT2D eigenvalue weighted by molar-refractivity contribution is -0.137. The number of carboxylic acids is 1. The predicted octanol–water partition coefficient (Wildman–Crippen LogP) is 2.18. The zero-order valence-electron chi connectivity index (χ0n) is 8.68. The Kier molecular flexibility index (Phi) is 6.45. The van der Waals surface area contributed by atoms with Crippen LogP contribution in [0.1, 0.15) is 18.0 Å². The molecule has 0 amide bonds. The lowest BCUT2D eigenvalue weighted by atomic mass is 10.1. The number of nitrogens with two attached hydrogens (primary N) is 1. The summed E-state index contributed by atoms with van der Waals surface area (Å²) in [6.45, 7) is -2.88. The number of rotatable bonds is 5. The average molecular weight is 268 g/mol. The van der Waals surface area contributed by atoms with Crippen LogP contribution in [0.5, 0.6) is 5.75 Å². The van der Waals surface area contributed by atoms with Gasteiger partial charge < -0.3 is 15.6 Å². The van der Waals surface area contributed by atoms with E-state index < -0.39 is 18.6 Å². The minimum Gasteiger partial charge on any atom is -0.481 e. The highest BCUT2D eigenvalue weighted by Gasteiger charge is 2.11. The fourth-order valence-electron chi connectivity index (χ4n) is 1.20. The summed E-state index contributed by atoms with van der Waals surface area (Å²) in [7, 11) is 0. The van der Waals surface area contributed by atoms with Gasteiger partial charge in [-0.05, 0) is 17.7 Å². The number of carbonyl (C=O) groups is 1. The molecule has 7 heteroatoms. The van der Waals surface area contributed by atoms with Gasteiger partial charge in [0.1, 0.15) is 5.75 Å². The summed E-state index contributed by atoms with van der Waals surface area (Å²) < 4.78 is 27.8. The summed E-state index contributed by atoms with van der Waals surface area (Å²) in [5.74, 6) is -0.998. The molecule has 1 unspecified atom stereocenters. The van der Waals surface area contributed by atoms with Crippen molar-refractivity contribution in [3.05, 3.63) is 29.8 Å². The van der Waals surface area contributed by atoms with E-state index in [0.29, 0.717) is 5.56 Å². The second-order valence-corrected chi connectivity index (χ2v) is 3.15. The van der Waals surface area contributed by atoms with Gasteiger partial charge in [0.05, 0.1) is 6.42 Å². The number of hydrogen-bond acceptors (Lipinski definition) is 3. The fraction of sp³-hybridized carbons (Fsp3) is 0.300. The van der Waals surface area contributed by atoms with Crippen molar-refractivity contribution >= 4 is 18.4 Å². The molecule has 4 nitrogen and oxygen atoms in total. The van der Waals surface area contributed by atoms with E-state index in [2.05, 4.69) is 4.74 Å². The van der Waals surface area contributed by atoms with Crippen molar-refractivity contribution in [2.45, 2.75) is 19.1 Å². The van der Waals surface area contributed by atoms with Crippen LogP contribution in [0, 0.1) is 0 Å². The van der Waals surface area contributed by atoms with E-state index in [0.717, 1.165) is 0 Å². The first-order valence-electron chi connectivity index (χ1n) is 4.51. The number of ether oxygens (including phenoxy) is 1. The number of hydrogen-bond donors (Lipinski definition) is 2. The number of benzene rings is 1. The van der Waals surface area contributed by atoms with Gasteiger partial charge in [0, 0.05) is 6.04 Å². The minimum atomic E-state index is -2.88. The van der Waals surface area contributed by atoms with E-state index in [1.54, 1.807) is 0 Å². The molecule has 17 heavy (non-hydrogen) atoms. The van der Waals surface area contributed by atoms with Crippen LogP contribution in [-0.4, -0.2) is 17.7 Å². The minimum absolute atomic E-state index is 0. The van der Waals surface area contributed by atoms with Crippen molar-refractivity contribution in [3.8, 4) is 5.75 Å². The molecule has 0 radical (unpaired) electrons. The van der Waals surface area contributed by atoms with Crippen LogP contribution in [0.25, 0.3) is 0 Å². The van der Waals surface area contributed by atoms with Crippen LogP contribution in [0.4, 0.5) is 8.78 Å². The topological polar surface area (TPSA) is 72.6 Å². The standard InChI is InChI=1S/C10H11F2NO3.ClH/c11-10(12)16-7-3-1-6(2-4-7)8(13)5-9(14)15;/h1-4,8,10H,5,13H2,(H,14,15);1H. The summed E-state index contributed by atoms with van der Waals surface area (Å²) in [6, 6.07) is 4.92. The van der Waals surface area contributed by atoms with Crippen molar-refractivity contribution in [2.24, 2.45) is 5.73 Å². The average Bonchev–Trinajstić information content (AvgIpc) is 2.16. The quantitative estimate of drug-likeness (QED) is 0.858. The third-order valence-electron chi connectivity index (χ3n) is 1.93.